The van der Waals surface area contributed by atoms with Crippen LogP contribution in [-0.2, 0) is 19.6 Å². The Morgan fingerprint density at radius 2 is 2.08 bits per heavy atom. The number of ether oxygens (including phenoxy) is 1. The third kappa shape index (κ3) is 10.1. The maximum absolute atomic E-state index is 10.3. The maximum Gasteiger partial charge on any atom is 1.00 e. The van der Waals surface area contributed by atoms with Crippen molar-refractivity contribution in [1.82, 2.24) is 0 Å². The summed E-state index contributed by atoms with van der Waals surface area (Å²) in [5.74, 6) is -1.44. The van der Waals surface area contributed by atoms with E-state index in [0.29, 0.717) is 0 Å². The summed E-state index contributed by atoms with van der Waals surface area (Å²) in [6.45, 7) is 2.65. The van der Waals surface area contributed by atoms with Crippen LogP contribution in [-0.4, -0.2) is 31.3 Å². The fourth-order valence-corrected chi connectivity index (χ4v) is 0.591. The van der Waals surface area contributed by atoms with Crippen LogP contribution >= 0.6 is 0 Å². The standard InChI is InChI=1S/C5H8O5S.Na/c1-2-5(6)10-3-4-11(7,8)9;/h2H,1,3-4H2,(H,7,8,9);/q;+1/p-1. The Labute approximate surface area is 92.8 Å². The monoisotopic (exact) mass is 202 g/mol. The molecular weight excluding hydrogens is 195 g/mol. The number of carbonyl (C=O) groups is 1. The van der Waals surface area contributed by atoms with Crippen molar-refractivity contribution in [3.63, 3.8) is 0 Å². The second-order valence-electron chi connectivity index (χ2n) is 1.63. The van der Waals surface area contributed by atoms with Crippen LogP contribution in [0.2, 0.25) is 0 Å². The molecule has 0 aliphatic heterocycles. The van der Waals surface area contributed by atoms with E-state index in [9.17, 15) is 17.8 Å². The molecule has 7 heteroatoms. The molecule has 0 radical (unpaired) electrons. The molecule has 0 fully saturated rings. The number of esters is 1. The number of hydrogen-bond acceptors (Lipinski definition) is 5. The minimum Gasteiger partial charge on any atom is -0.748 e. The predicted molar refractivity (Wildman–Crippen MR) is 35.7 cm³/mol. The molecule has 0 aliphatic rings. The van der Waals surface area contributed by atoms with Gasteiger partial charge in [-0.2, -0.15) is 0 Å². The molecule has 0 aromatic carbocycles. The maximum atomic E-state index is 10.3. The molecule has 12 heavy (non-hydrogen) atoms. The van der Waals surface area contributed by atoms with Crippen LogP contribution < -0.4 is 29.6 Å². The van der Waals surface area contributed by atoms with Crippen molar-refractivity contribution < 1.29 is 52.1 Å². The van der Waals surface area contributed by atoms with Gasteiger partial charge in [-0.1, -0.05) is 6.58 Å². The van der Waals surface area contributed by atoms with Crippen molar-refractivity contribution >= 4 is 16.1 Å². The fourth-order valence-electron chi connectivity index (χ4n) is 0.303. The number of rotatable bonds is 4. The van der Waals surface area contributed by atoms with Gasteiger partial charge in [-0.3, -0.25) is 0 Å². The van der Waals surface area contributed by atoms with E-state index in [-0.39, 0.29) is 29.6 Å². The van der Waals surface area contributed by atoms with E-state index >= 15 is 0 Å². The van der Waals surface area contributed by atoms with Crippen LogP contribution in [0.15, 0.2) is 12.7 Å². The molecule has 0 saturated heterocycles. The van der Waals surface area contributed by atoms with Crippen molar-refractivity contribution in [2.45, 2.75) is 0 Å². The Morgan fingerprint density at radius 3 is 2.42 bits per heavy atom. The Balaban J connectivity index is 0. The van der Waals surface area contributed by atoms with Crippen LogP contribution in [0.4, 0.5) is 0 Å². The predicted octanol–water partition coefficient (Wildman–Crippen LogP) is -3.74. The molecule has 0 saturated carbocycles. The molecule has 0 heterocycles. The summed E-state index contributed by atoms with van der Waals surface area (Å²) >= 11 is 0. The first kappa shape index (κ1) is 14.6. The first-order valence-corrected chi connectivity index (χ1v) is 4.26. The largest absolute Gasteiger partial charge is 1.00 e. The van der Waals surface area contributed by atoms with E-state index < -0.39 is 28.4 Å². The van der Waals surface area contributed by atoms with Gasteiger partial charge in [-0.15, -0.1) is 0 Å². The molecule has 0 aromatic heterocycles. The third-order valence-electron chi connectivity index (χ3n) is 0.744. The Bertz CT molecular complexity index is 245. The molecular formula is C5H7NaO5S. The van der Waals surface area contributed by atoms with Crippen molar-refractivity contribution in [3.8, 4) is 0 Å². The topological polar surface area (TPSA) is 83.5 Å². The summed E-state index contributed by atoms with van der Waals surface area (Å²) in [6.07, 6.45) is 0.886. The average Bonchev–Trinajstić information content (AvgIpc) is 1.85. The van der Waals surface area contributed by atoms with Crippen LogP contribution in [0.1, 0.15) is 0 Å². The molecule has 0 rings (SSSR count). The van der Waals surface area contributed by atoms with Gasteiger partial charge in [0.15, 0.2) is 0 Å². The van der Waals surface area contributed by atoms with E-state index in [2.05, 4.69) is 11.3 Å². The van der Waals surface area contributed by atoms with Crippen molar-refractivity contribution in [3.05, 3.63) is 12.7 Å². The van der Waals surface area contributed by atoms with E-state index in [1.165, 1.54) is 0 Å². The summed E-state index contributed by atoms with van der Waals surface area (Å²) in [4.78, 5) is 10.3. The summed E-state index contributed by atoms with van der Waals surface area (Å²) in [7, 11) is -4.29. The van der Waals surface area contributed by atoms with Crippen molar-refractivity contribution in [2.24, 2.45) is 0 Å². The van der Waals surface area contributed by atoms with Crippen LogP contribution in [0.3, 0.4) is 0 Å². The Kier molecular flexibility index (Phi) is 8.07. The first-order chi connectivity index (χ1) is 4.95. The van der Waals surface area contributed by atoms with Gasteiger partial charge in [-0.25, -0.2) is 13.2 Å². The normalized spacial score (nSPS) is 9.75. The van der Waals surface area contributed by atoms with Crippen LogP contribution in [0, 0.1) is 0 Å². The average molecular weight is 202 g/mol. The quantitative estimate of drug-likeness (QED) is 0.202. The zero-order valence-electron chi connectivity index (χ0n) is 6.65. The molecule has 0 unspecified atom stereocenters. The molecule has 5 nitrogen and oxygen atoms in total. The van der Waals surface area contributed by atoms with Gasteiger partial charge in [0.1, 0.15) is 6.61 Å². The molecule has 0 amide bonds. The smallest absolute Gasteiger partial charge is 0.748 e. The summed E-state index contributed by atoms with van der Waals surface area (Å²) < 4.78 is 34.0. The summed E-state index contributed by atoms with van der Waals surface area (Å²) in [5, 5.41) is 0. The van der Waals surface area contributed by atoms with Crippen LogP contribution in [0.5, 0.6) is 0 Å². The van der Waals surface area contributed by atoms with Crippen molar-refractivity contribution in [2.75, 3.05) is 12.4 Å². The molecule has 0 aromatic rings. The van der Waals surface area contributed by atoms with Gasteiger partial charge in [0.2, 0.25) is 0 Å². The fraction of sp³-hybridized carbons (Fsp3) is 0.400. The minimum atomic E-state index is -4.29. The van der Waals surface area contributed by atoms with Gasteiger partial charge in [-0.05, 0) is 0 Å². The second-order valence-corrected chi connectivity index (χ2v) is 3.16. The molecule has 0 N–H and O–H groups in total. The number of carbonyl (C=O) groups excluding carboxylic acids is 1. The van der Waals surface area contributed by atoms with Gasteiger partial charge >= 0.3 is 35.5 Å². The van der Waals surface area contributed by atoms with Crippen molar-refractivity contribution in [1.29, 1.82) is 0 Å². The molecule has 0 atom stereocenters. The molecule has 0 aliphatic carbocycles. The Morgan fingerprint density at radius 1 is 1.58 bits per heavy atom. The van der Waals surface area contributed by atoms with E-state index in [4.69, 9.17) is 0 Å². The Hall–Kier alpha value is 0.120. The summed E-state index contributed by atoms with van der Waals surface area (Å²) in [5.41, 5.74) is 0. The van der Waals surface area contributed by atoms with Crippen LogP contribution in [0.25, 0.3) is 0 Å². The first-order valence-electron chi connectivity index (χ1n) is 2.68. The summed E-state index contributed by atoms with van der Waals surface area (Å²) in [6, 6.07) is 0. The second kappa shape index (κ2) is 6.62. The SMILES string of the molecule is C=CC(=O)OCCS(=O)(=O)[O-].[Na+]. The van der Waals surface area contributed by atoms with Gasteiger partial charge < -0.3 is 9.29 Å². The molecule has 0 bridgehead atoms. The third-order valence-corrected chi connectivity index (χ3v) is 1.41. The minimum absolute atomic E-state index is 0. The molecule has 64 valence electrons. The van der Waals surface area contributed by atoms with E-state index in [0.717, 1.165) is 6.08 Å². The number of hydrogen-bond donors (Lipinski definition) is 0. The molecule has 0 spiro atoms. The van der Waals surface area contributed by atoms with Gasteiger partial charge in [0.05, 0.1) is 15.9 Å². The van der Waals surface area contributed by atoms with Gasteiger partial charge in [0, 0.05) is 6.08 Å². The van der Waals surface area contributed by atoms with E-state index in [1.54, 1.807) is 0 Å². The van der Waals surface area contributed by atoms with Gasteiger partial charge in [0.25, 0.3) is 0 Å². The zero-order valence-corrected chi connectivity index (χ0v) is 9.46. The zero-order chi connectivity index (χ0) is 8.91. The van der Waals surface area contributed by atoms with E-state index in [1.807, 2.05) is 0 Å².